The summed E-state index contributed by atoms with van der Waals surface area (Å²) in [4.78, 5) is 20.4. The van der Waals surface area contributed by atoms with E-state index in [0.717, 1.165) is 38.5 Å². The summed E-state index contributed by atoms with van der Waals surface area (Å²) >= 11 is 0. The van der Waals surface area contributed by atoms with Crippen LogP contribution in [0.4, 0.5) is 5.69 Å². The molecule has 1 aliphatic heterocycles. The van der Waals surface area contributed by atoms with Gasteiger partial charge in [-0.2, -0.15) is 0 Å². The molecule has 1 amide bonds. The molecule has 0 aromatic heterocycles. The van der Waals surface area contributed by atoms with Crippen LogP contribution in [0.25, 0.3) is 0 Å². The number of benzene rings is 1. The highest BCUT2D eigenvalue weighted by Gasteiger charge is 2.59. The lowest BCUT2D eigenvalue weighted by atomic mass is 9.57. The number of likely N-dealkylation sites (N-methyl/N-ethyl adjacent to an activating group) is 1. The van der Waals surface area contributed by atoms with Gasteiger partial charge in [0.2, 0.25) is 5.91 Å². The van der Waals surface area contributed by atoms with Crippen molar-refractivity contribution in [1.82, 2.24) is 15.5 Å². The predicted molar refractivity (Wildman–Crippen MR) is 122 cm³/mol. The average Bonchev–Trinajstić information content (AvgIpc) is 3.19. The largest absolute Gasteiger partial charge is 0.377 e. The van der Waals surface area contributed by atoms with Gasteiger partial charge < -0.3 is 25.2 Å². The highest BCUT2D eigenvalue weighted by Crippen LogP contribution is 2.52. The van der Waals surface area contributed by atoms with Crippen molar-refractivity contribution in [1.29, 1.82) is 0 Å². The van der Waals surface area contributed by atoms with Crippen molar-refractivity contribution in [2.75, 3.05) is 52.3 Å². The fraction of sp³-hybridized carbons (Fsp3) is 0.652. The van der Waals surface area contributed by atoms with E-state index in [1.165, 1.54) is 5.69 Å². The van der Waals surface area contributed by atoms with E-state index in [1.807, 2.05) is 6.07 Å². The topological polar surface area (TPSA) is 69.2 Å². The Morgan fingerprint density at radius 3 is 2.67 bits per heavy atom. The molecule has 1 aromatic rings. The molecule has 3 rings (SSSR count). The number of rotatable bonds is 8. The maximum atomic E-state index is 12.0. The molecule has 30 heavy (non-hydrogen) atoms. The summed E-state index contributed by atoms with van der Waals surface area (Å²) < 4.78 is 5.91. The Kier molecular flexibility index (Phi) is 7.23. The van der Waals surface area contributed by atoms with Gasteiger partial charge in [-0.3, -0.25) is 4.79 Å². The number of hydrogen-bond acceptors (Lipinski definition) is 4. The van der Waals surface area contributed by atoms with E-state index in [2.05, 4.69) is 65.7 Å². The Morgan fingerprint density at radius 2 is 1.97 bits per heavy atom. The van der Waals surface area contributed by atoms with E-state index in [0.29, 0.717) is 18.1 Å². The first-order chi connectivity index (χ1) is 14.3. The fourth-order valence-electron chi connectivity index (χ4n) is 4.54. The maximum absolute atomic E-state index is 12.0. The van der Waals surface area contributed by atoms with E-state index in [-0.39, 0.29) is 17.9 Å². The number of guanidine groups is 1. The third kappa shape index (κ3) is 5.06. The van der Waals surface area contributed by atoms with Gasteiger partial charge in [0.05, 0.1) is 6.10 Å². The van der Waals surface area contributed by atoms with Crippen molar-refractivity contribution in [2.45, 2.75) is 38.8 Å². The maximum Gasteiger partial charge on any atom is 0.243 e. The Hall–Kier alpha value is -2.28. The second-order valence-electron chi connectivity index (χ2n) is 9.18. The first-order valence-corrected chi connectivity index (χ1v) is 10.9. The molecule has 166 valence electrons. The molecule has 1 saturated heterocycles. The van der Waals surface area contributed by atoms with Gasteiger partial charge in [0.25, 0.3) is 0 Å². The minimum atomic E-state index is -0.00476. The van der Waals surface area contributed by atoms with Gasteiger partial charge in [-0.15, -0.1) is 0 Å². The summed E-state index contributed by atoms with van der Waals surface area (Å²) in [6.07, 6.45) is 2.37. The van der Waals surface area contributed by atoms with Crippen molar-refractivity contribution < 1.29 is 9.53 Å². The Labute approximate surface area is 180 Å². The standard InChI is InChI=1S/C23H37N5O2/c1-23(2)20(18-12-15-30-21(18)23)26-22(25-16-19(29)27(3)4)24-13-9-14-28(5)17-10-7-6-8-11-17/h6-8,10-11,18,20-21H,9,12-16H2,1-5H3,(H2,24,25,26). The fourth-order valence-corrected chi connectivity index (χ4v) is 4.54. The Morgan fingerprint density at radius 1 is 1.23 bits per heavy atom. The SMILES string of the molecule is CN(C)C(=O)CN=C(NCCCN(C)c1ccccc1)NC1C2CCOC2C1(C)C. The molecule has 0 spiro atoms. The summed E-state index contributed by atoms with van der Waals surface area (Å²) in [5, 5.41) is 7.04. The van der Waals surface area contributed by atoms with Crippen LogP contribution in [0.1, 0.15) is 26.7 Å². The Balaban J connectivity index is 1.55. The number of hydrogen-bond donors (Lipinski definition) is 2. The quantitative estimate of drug-likeness (QED) is 0.386. The monoisotopic (exact) mass is 415 g/mol. The van der Waals surface area contributed by atoms with Crippen LogP contribution in [-0.2, 0) is 9.53 Å². The smallest absolute Gasteiger partial charge is 0.243 e. The van der Waals surface area contributed by atoms with Crippen LogP contribution in [0.15, 0.2) is 35.3 Å². The highest BCUT2D eigenvalue weighted by atomic mass is 16.5. The molecule has 2 aliphatic rings. The number of carbonyl (C=O) groups is 1. The zero-order valence-corrected chi connectivity index (χ0v) is 19.0. The number of amides is 1. The summed E-state index contributed by atoms with van der Waals surface area (Å²) in [5.74, 6) is 1.23. The van der Waals surface area contributed by atoms with Crippen LogP contribution in [0, 0.1) is 11.3 Å². The van der Waals surface area contributed by atoms with Crippen molar-refractivity contribution in [3.63, 3.8) is 0 Å². The van der Waals surface area contributed by atoms with Crippen LogP contribution < -0.4 is 15.5 Å². The molecule has 1 aromatic carbocycles. The van der Waals surface area contributed by atoms with Crippen LogP contribution >= 0.6 is 0 Å². The summed E-state index contributed by atoms with van der Waals surface area (Å²) in [7, 11) is 5.62. The number of anilines is 1. The van der Waals surface area contributed by atoms with Crippen molar-refractivity contribution in [2.24, 2.45) is 16.3 Å². The number of nitrogens with zero attached hydrogens (tertiary/aromatic N) is 3. The predicted octanol–water partition coefficient (Wildman–Crippen LogP) is 1.95. The number of carbonyl (C=O) groups excluding carboxylic acids is 1. The van der Waals surface area contributed by atoms with Crippen LogP contribution in [0.2, 0.25) is 0 Å². The van der Waals surface area contributed by atoms with Crippen LogP contribution in [0.5, 0.6) is 0 Å². The van der Waals surface area contributed by atoms with E-state index in [1.54, 1.807) is 19.0 Å². The molecule has 7 nitrogen and oxygen atoms in total. The number of ether oxygens (including phenoxy) is 1. The lowest BCUT2D eigenvalue weighted by Crippen LogP contribution is -2.68. The van der Waals surface area contributed by atoms with Crippen LogP contribution in [0.3, 0.4) is 0 Å². The summed E-state index contributed by atoms with van der Waals surface area (Å²) in [6.45, 7) is 7.19. The van der Waals surface area contributed by atoms with E-state index >= 15 is 0 Å². The number of fused-ring (bicyclic) bond motifs is 1. The van der Waals surface area contributed by atoms with Gasteiger partial charge in [0.1, 0.15) is 6.54 Å². The first-order valence-electron chi connectivity index (χ1n) is 10.9. The average molecular weight is 416 g/mol. The molecule has 3 unspecified atom stereocenters. The molecule has 0 radical (unpaired) electrons. The van der Waals surface area contributed by atoms with Gasteiger partial charge in [0, 0.05) is 63.9 Å². The molecular formula is C23H37N5O2. The first kappa shape index (κ1) is 22.4. The second-order valence-corrected chi connectivity index (χ2v) is 9.18. The zero-order chi connectivity index (χ0) is 21.7. The molecule has 0 bridgehead atoms. The van der Waals surface area contributed by atoms with Gasteiger partial charge >= 0.3 is 0 Å². The van der Waals surface area contributed by atoms with Crippen LogP contribution in [-0.4, -0.2) is 76.3 Å². The molecule has 2 fully saturated rings. The lowest BCUT2D eigenvalue weighted by molar-refractivity contribution is -0.127. The third-order valence-electron chi connectivity index (χ3n) is 6.42. The third-order valence-corrected chi connectivity index (χ3v) is 6.42. The lowest BCUT2D eigenvalue weighted by Gasteiger charge is -2.54. The molecule has 7 heteroatoms. The number of nitrogens with one attached hydrogen (secondary N) is 2. The van der Waals surface area contributed by atoms with Gasteiger partial charge in [-0.25, -0.2) is 4.99 Å². The molecule has 1 heterocycles. The summed E-state index contributed by atoms with van der Waals surface area (Å²) in [5.41, 5.74) is 1.27. The van der Waals surface area contributed by atoms with Gasteiger partial charge in [-0.1, -0.05) is 32.0 Å². The van der Waals surface area contributed by atoms with E-state index in [9.17, 15) is 4.79 Å². The van der Waals surface area contributed by atoms with Crippen molar-refractivity contribution in [3.8, 4) is 0 Å². The molecule has 2 N–H and O–H groups in total. The molecule has 3 atom stereocenters. The minimum Gasteiger partial charge on any atom is -0.377 e. The second kappa shape index (κ2) is 9.69. The van der Waals surface area contributed by atoms with Gasteiger partial charge in [0.15, 0.2) is 5.96 Å². The number of para-hydroxylation sites is 1. The number of aliphatic imine (C=N–C) groups is 1. The van der Waals surface area contributed by atoms with Gasteiger partial charge in [-0.05, 0) is 25.0 Å². The Bertz CT molecular complexity index is 734. The normalized spacial score (nSPS) is 24.6. The van der Waals surface area contributed by atoms with E-state index in [4.69, 9.17) is 4.74 Å². The zero-order valence-electron chi connectivity index (χ0n) is 19.0. The molecule has 1 aliphatic carbocycles. The minimum absolute atomic E-state index is 0.00476. The van der Waals surface area contributed by atoms with Crippen molar-refractivity contribution >= 4 is 17.6 Å². The summed E-state index contributed by atoms with van der Waals surface area (Å²) in [6, 6.07) is 10.7. The highest BCUT2D eigenvalue weighted by molar-refractivity contribution is 5.85. The molecule has 1 saturated carbocycles. The molecular weight excluding hydrogens is 378 g/mol. The van der Waals surface area contributed by atoms with Crippen molar-refractivity contribution in [3.05, 3.63) is 30.3 Å². The van der Waals surface area contributed by atoms with E-state index < -0.39 is 0 Å².